The average molecular weight is 277 g/mol. The van der Waals surface area contributed by atoms with Crippen LogP contribution < -0.4 is 5.32 Å². The molecule has 3 nitrogen and oxygen atoms in total. The van der Waals surface area contributed by atoms with E-state index >= 15 is 0 Å². The van der Waals surface area contributed by atoms with Crippen LogP contribution in [-0.4, -0.2) is 16.8 Å². The van der Waals surface area contributed by atoms with Crippen LogP contribution in [0.2, 0.25) is 0 Å². The average Bonchev–Trinajstić information content (AvgIpc) is 2.94. The highest BCUT2D eigenvalue weighted by molar-refractivity contribution is 7.12. The molecule has 2 aromatic rings. The first kappa shape index (κ1) is 14.3. The maximum Gasteiger partial charge on any atom is 0.0644 e. The van der Waals surface area contributed by atoms with Gasteiger partial charge in [-0.25, -0.2) is 0 Å². The predicted molar refractivity (Wildman–Crippen MR) is 81.9 cm³/mol. The van der Waals surface area contributed by atoms with Gasteiger partial charge in [0.1, 0.15) is 0 Å². The van der Waals surface area contributed by atoms with Gasteiger partial charge in [0.25, 0.3) is 0 Å². The third-order valence-electron chi connectivity index (χ3n) is 3.48. The molecule has 104 valence electrons. The van der Waals surface area contributed by atoms with Gasteiger partial charge in [-0.15, -0.1) is 11.3 Å². The van der Waals surface area contributed by atoms with Gasteiger partial charge in [-0.2, -0.15) is 5.10 Å². The van der Waals surface area contributed by atoms with E-state index in [1.54, 1.807) is 0 Å². The Bertz CT molecular complexity index is 520. The van der Waals surface area contributed by atoms with Crippen LogP contribution in [0.4, 0.5) is 0 Å². The molecule has 0 aliphatic heterocycles. The first-order valence-electron chi connectivity index (χ1n) is 6.79. The smallest absolute Gasteiger partial charge is 0.0644 e. The Morgan fingerprint density at radius 3 is 2.58 bits per heavy atom. The Labute approximate surface area is 119 Å². The largest absolute Gasteiger partial charge is 0.312 e. The van der Waals surface area contributed by atoms with E-state index in [4.69, 9.17) is 0 Å². The van der Waals surface area contributed by atoms with Gasteiger partial charge in [0.2, 0.25) is 0 Å². The van der Waals surface area contributed by atoms with E-state index in [9.17, 15) is 0 Å². The van der Waals surface area contributed by atoms with Crippen LogP contribution in [0, 0.1) is 13.8 Å². The van der Waals surface area contributed by atoms with Gasteiger partial charge in [0, 0.05) is 34.5 Å². The van der Waals surface area contributed by atoms with Crippen LogP contribution in [0.5, 0.6) is 0 Å². The molecule has 1 atom stereocenters. The number of likely N-dealkylation sites (N-methyl/N-ethyl adjacent to an activating group) is 1. The molecule has 0 aliphatic carbocycles. The van der Waals surface area contributed by atoms with Crippen LogP contribution in [0.1, 0.15) is 46.9 Å². The monoisotopic (exact) mass is 277 g/mol. The van der Waals surface area contributed by atoms with Crippen molar-refractivity contribution in [3.05, 3.63) is 39.3 Å². The second kappa shape index (κ2) is 5.88. The molecule has 1 N–H and O–H groups in total. The molecule has 2 rings (SSSR count). The lowest BCUT2D eigenvalue weighted by Crippen LogP contribution is -2.18. The van der Waals surface area contributed by atoms with Crippen molar-refractivity contribution in [2.75, 3.05) is 7.05 Å². The first-order chi connectivity index (χ1) is 9.01. The Morgan fingerprint density at radius 1 is 1.37 bits per heavy atom. The molecule has 0 saturated heterocycles. The summed E-state index contributed by atoms with van der Waals surface area (Å²) in [7, 11) is 2.02. The van der Waals surface area contributed by atoms with Gasteiger partial charge in [-0.1, -0.05) is 0 Å². The molecule has 2 aromatic heterocycles. The maximum atomic E-state index is 4.63. The van der Waals surface area contributed by atoms with Crippen LogP contribution in [-0.2, 0) is 6.42 Å². The van der Waals surface area contributed by atoms with Crippen LogP contribution in [0.15, 0.2) is 18.3 Å². The molecule has 0 bridgehead atoms. The molecule has 4 heteroatoms. The summed E-state index contributed by atoms with van der Waals surface area (Å²) in [6.07, 6.45) is 3.01. The van der Waals surface area contributed by atoms with Gasteiger partial charge >= 0.3 is 0 Å². The van der Waals surface area contributed by atoms with Crippen molar-refractivity contribution >= 4 is 11.3 Å². The van der Waals surface area contributed by atoms with Crippen molar-refractivity contribution in [3.8, 4) is 0 Å². The lowest BCUT2D eigenvalue weighted by atomic mass is 10.1. The van der Waals surface area contributed by atoms with E-state index < -0.39 is 0 Å². The minimum absolute atomic E-state index is 0.355. The Morgan fingerprint density at radius 2 is 2.11 bits per heavy atom. The van der Waals surface area contributed by atoms with Gasteiger partial charge in [-0.05, 0) is 52.4 Å². The third-order valence-corrected chi connectivity index (χ3v) is 4.75. The molecule has 19 heavy (non-hydrogen) atoms. The van der Waals surface area contributed by atoms with E-state index in [0.29, 0.717) is 12.1 Å². The van der Waals surface area contributed by atoms with Crippen molar-refractivity contribution in [2.45, 2.75) is 46.2 Å². The molecular formula is C15H23N3S. The number of thiophene rings is 1. The summed E-state index contributed by atoms with van der Waals surface area (Å²) in [5.74, 6) is 0. The lowest BCUT2D eigenvalue weighted by molar-refractivity contribution is 0.516. The number of nitrogens with zero attached hydrogens (tertiary/aromatic N) is 2. The lowest BCUT2D eigenvalue weighted by Gasteiger charge is -2.13. The summed E-state index contributed by atoms with van der Waals surface area (Å²) >= 11 is 1.88. The Kier molecular flexibility index (Phi) is 4.42. The molecule has 1 unspecified atom stereocenters. The highest BCUT2D eigenvalue weighted by atomic mass is 32.1. The van der Waals surface area contributed by atoms with Gasteiger partial charge in [-0.3, -0.25) is 4.68 Å². The summed E-state index contributed by atoms with van der Waals surface area (Å²) in [4.78, 5) is 2.81. The van der Waals surface area contributed by atoms with Crippen molar-refractivity contribution in [2.24, 2.45) is 0 Å². The minimum atomic E-state index is 0.355. The van der Waals surface area contributed by atoms with Crippen molar-refractivity contribution in [1.82, 2.24) is 15.1 Å². The van der Waals surface area contributed by atoms with Crippen LogP contribution in [0.25, 0.3) is 0 Å². The third kappa shape index (κ3) is 3.25. The minimum Gasteiger partial charge on any atom is -0.312 e. The SMILES string of the molecule is CNC(Cc1ccn(C(C)C)n1)c1cc(C)c(C)s1. The quantitative estimate of drug-likeness (QED) is 0.904. The topological polar surface area (TPSA) is 29.9 Å². The van der Waals surface area contributed by atoms with Gasteiger partial charge in [0.05, 0.1) is 5.69 Å². The van der Waals surface area contributed by atoms with E-state index in [1.165, 1.54) is 15.3 Å². The van der Waals surface area contributed by atoms with E-state index in [-0.39, 0.29) is 0 Å². The number of hydrogen-bond acceptors (Lipinski definition) is 3. The summed E-state index contributed by atoms with van der Waals surface area (Å²) in [6.45, 7) is 8.66. The first-order valence-corrected chi connectivity index (χ1v) is 7.61. The second-order valence-electron chi connectivity index (χ2n) is 5.31. The van der Waals surface area contributed by atoms with Crippen LogP contribution in [0.3, 0.4) is 0 Å². The van der Waals surface area contributed by atoms with Crippen molar-refractivity contribution < 1.29 is 0 Å². The predicted octanol–water partition coefficient (Wildman–Crippen LogP) is 3.65. The fraction of sp³-hybridized carbons (Fsp3) is 0.533. The summed E-state index contributed by atoms with van der Waals surface area (Å²) < 4.78 is 2.02. The van der Waals surface area contributed by atoms with Crippen molar-refractivity contribution in [3.63, 3.8) is 0 Å². The number of hydrogen-bond donors (Lipinski definition) is 1. The maximum absolute atomic E-state index is 4.63. The van der Waals surface area contributed by atoms with Gasteiger partial charge in [0.15, 0.2) is 0 Å². The number of rotatable bonds is 5. The fourth-order valence-corrected chi connectivity index (χ4v) is 3.25. The molecule has 0 fully saturated rings. The molecule has 0 amide bonds. The molecule has 0 aliphatic rings. The highest BCUT2D eigenvalue weighted by Crippen LogP contribution is 2.28. The van der Waals surface area contributed by atoms with E-state index in [1.807, 2.05) is 23.1 Å². The molecule has 0 radical (unpaired) electrons. The number of nitrogens with one attached hydrogen (secondary N) is 1. The van der Waals surface area contributed by atoms with E-state index in [0.717, 1.165) is 12.1 Å². The summed E-state index contributed by atoms with van der Waals surface area (Å²) in [5, 5.41) is 8.04. The molecule has 0 saturated carbocycles. The Balaban J connectivity index is 2.14. The summed E-state index contributed by atoms with van der Waals surface area (Å²) in [6, 6.07) is 5.19. The zero-order valence-electron chi connectivity index (χ0n) is 12.4. The summed E-state index contributed by atoms with van der Waals surface area (Å²) in [5.41, 5.74) is 2.53. The zero-order valence-corrected chi connectivity index (χ0v) is 13.2. The van der Waals surface area contributed by atoms with Gasteiger partial charge < -0.3 is 5.32 Å². The van der Waals surface area contributed by atoms with Crippen LogP contribution >= 0.6 is 11.3 Å². The fourth-order valence-electron chi connectivity index (χ4n) is 2.10. The normalized spacial score (nSPS) is 13.2. The van der Waals surface area contributed by atoms with Crippen molar-refractivity contribution in [1.29, 1.82) is 0 Å². The highest BCUT2D eigenvalue weighted by Gasteiger charge is 2.15. The number of aryl methyl sites for hydroxylation is 2. The molecular weight excluding hydrogens is 254 g/mol. The van der Waals surface area contributed by atoms with E-state index in [2.05, 4.69) is 56.4 Å². The molecule has 2 heterocycles. The Hall–Kier alpha value is -1.13. The number of aromatic nitrogens is 2. The molecule has 0 aromatic carbocycles. The molecule has 0 spiro atoms. The zero-order chi connectivity index (χ0) is 14.0. The standard InChI is InChI=1S/C15H23N3S/c1-10(2)18-7-6-13(17-18)9-14(16-5)15-8-11(3)12(4)19-15/h6-8,10,14,16H,9H2,1-5H3. The second-order valence-corrected chi connectivity index (χ2v) is 6.60.